The van der Waals surface area contributed by atoms with Crippen LogP contribution >= 0.6 is 15.9 Å². The monoisotopic (exact) mass is 286 g/mol. The first kappa shape index (κ1) is 12.0. The molecule has 1 saturated carbocycles. The number of aryl methyl sites for hydroxylation is 1. The molecule has 1 fully saturated rings. The van der Waals surface area contributed by atoms with Crippen molar-refractivity contribution < 1.29 is 0 Å². The molecule has 3 unspecified atom stereocenters. The molecule has 16 heavy (non-hydrogen) atoms. The summed E-state index contributed by atoms with van der Waals surface area (Å²) in [4.78, 5) is 0. The number of hydrogen-bond donors (Lipinski definition) is 1. The van der Waals surface area contributed by atoms with E-state index < -0.39 is 0 Å². The van der Waals surface area contributed by atoms with Gasteiger partial charge in [-0.3, -0.25) is 4.68 Å². The highest BCUT2D eigenvalue weighted by atomic mass is 79.9. The molecule has 2 N–H and O–H groups in total. The molecule has 0 radical (unpaired) electrons. The summed E-state index contributed by atoms with van der Waals surface area (Å²) in [5, 5.41) is 8.09. The lowest BCUT2D eigenvalue weighted by Gasteiger charge is -2.33. The molecule has 4 nitrogen and oxygen atoms in total. The van der Waals surface area contributed by atoms with Crippen molar-refractivity contribution in [3.8, 4) is 0 Å². The first-order valence-corrected chi connectivity index (χ1v) is 6.73. The number of nitrogens with two attached hydrogens (primary N) is 1. The predicted molar refractivity (Wildman–Crippen MR) is 67.1 cm³/mol. The third-order valence-electron chi connectivity index (χ3n) is 3.77. The molecular weight excluding hydrogens is 268 g/mol. The molecule has 0 spiro atoms. The fourth-order valence-electron chi connectivity index (χ4n) is 2.70. The van der Waals surface area contributed by atoms with Crippen molar-refractivity contribution in [2.24, 2.45) is 18.7 Å². The first-order chi connectivity index (χ1) is 7.63. The minimum atomic E-state index is 0.247. The van der Waals surface area contributed by atoms with Crippen LogP contribution in [0.2, 0.25) is 0 Å². The minimum absolute atomic E-state index is 0.247. The van der Waals surface area contributed by atoms with Crippen LogP contribution in [-0.2, 0) is 7.05 Å². The molecule has 1 aromatic heterocycles. The highest BCUT2D eigenvalue weighted by molar-refractivity contribution is 9.10. The van der Waals surface area contributed by atoms with Gasteiger partial charge in [0, 0.05) is 19.0 Å². The Bertz CT molecular complexity index is 343. The van der Waals surface area contributed by atoms with Crippen LogP contribution in [0.5, 0.6) is 0 Å². The van der Waals surface area contributed by atoms with Crippen LogP contribution in [0.3, 0.4) is 0 Å². The molecular formula is C11H19BrN4. The van der Waals surface area contributed by atoms with Gasteiger partial charge >= 0.3 is 0 Å². The number of halogens is 1. The average Bonchev–Trinajstić information content (AvgIpc) is 2.60. The molecule has 1 aliphatic rings. The Hall–Kier alpha value is -0.420. The third-order valence-corrected chi connectivity index (χ3v) is 4.33. The van der Waals surface area contributed by atoms with E-state index in [1.807, 2.05) is 11.7 Å². The SMILES string of the molecule is CCC1CCC(N)C(c2c(Br)nnn2C)C1. The van der Waals surface area contributed by atoms with Crippen LogP contribution in [0.25, 0.3) is 0 Å². The van der Waals surface area contributed by atoms with Gasteiger partial charge < -0.3 is 5.73 Å². The highest BCUT2D eigenvalue weighted by Crippen LogP contribution is 2.38. The van der Waals surface area contributed by atoms with Crippen LogP contribution in [0.4, 0.5) is 0 Å². The van der Waals surface area contributed by atoms with Crippen LogP contribution in [0, 0.1) is 5.92 Å². The van der Waals surface area contributed by atoms with Gasteiger partial charge in [-0.1, -0.05) is 18.6 Å². The van der Waals surface area contributed by atoms with Gasteiger partial charge in [-0.2, -0.15) is 0 Å². The van der Waals surface area contributed by atoms with Crippen LogP contribution < -0.4 is 5.73 Å². The molecule has 0 aromatic carbocycles. The Morgan fingerprint density at radius 2 is 2.25 bits per heavy atom. The van der Waals surface area contributed by atoms with Crippen LogP contribution in [-0.4, -0.2) is 21.0 Å². The van der Waals surface area contributed by atoms with E-state index in [2.05, 4.69) is 33.2 Å². The summed E-state index contributed by atoms with van der Waals surface area (Å²) in [6.07, 6.45) is 4.78. The van der Waals surface area contributed by atoms with Crippen molar-refractivity contribution in [3.63, 3.8) is 0 Å². The standard InChI is InChI=1S/C11H19BrN4/c1-3-7-4-5-9(13)8(6-7)10-11(12)14-15-16(10)2/h7-9H,3-6,13H2,1-2H3. The van der Waals surface area contributed by atoms with Crippen molar-refractivity contribution in [1.29, 1.82) is 0 Å². The molecule has 0 bridgehead atoms. The Kier molecular flexibility index (Phi) is 3.64. The van der Waals surface area contributed by atoms with Gasteiger partial charge in [0.15, 0.2) is 4.60 Å². The van der Waals surface area contributed by atoms with Crippen LogP contribution in [0.15, 0.2) is 4.60 Å². The van der Waals surface area contributed by atoms with E-state index in [1.165, 1.54) is 12.8 Å². The van der Waals surface area contributed by atoms with Gasteiger partial charge in [0.05, 0.1) is 5.69 Å². The zero-order valence-corrected chi connectivity index (χ0v) is 11.4. The van der Waals surface area contributed by atoms with Crippen LogP contribution in [0.1, 0.15) is 44.2 Å². The zero-order chi connectivity index (χ0) is 11.7. The zero-order valence-electron chi connectivity index (χ0n) is 9.86. The second-order valence-corrected chi connectivity index (χ2v) is 5.50. The molecule has 1 aliphatic carbocycles. The summed E-state index contributed by atoms with van der Waals surface area (Å²) in [6, 6.07) is 0.247. The highest BCUT2D eigenvalue weighted by Gasteiger charge is 2.32. The summed E-state index contributed by atoms with van der Waals surface area (Å²) in [5.41, 5.74) is 7.39. The van der Waals surface area contributed by atoms with E-state index in [-0.39, 0.29) is 6.04 Å². The van der Waals surface area contributed by atoms with Crippen molar-refractivity contribution in [1.82, 2.24) is 15.0 Å². The van der Waals surface area contributed by atoms with Gasteiger partial charge in [0.1, 0.15) is 0 Å². The number of nitrogens with zero attached hydrogens (tertiary/aromatic N) is 3. The third kappa shape index (κ3) is 2.15. The summed E-state index contributed by atoms with van der Waals surface area (Å²) < 4.78 is 2.71. The topological polar surface area (TPSA) is 56.7 Å². The maximum atomic E-state index is 6.24. The molecule has 5 heteroatoms. The lowest BCUT2D eigenvalue weighted by atomic mass is 9.76. The van der Waals surface area contributed by atoms with E-state index in [0.717, 1.165) is 29.1 Å². The van der Waals surface area contributed by atoms with E-state index in [1.54, 1.807) is 0 Å². The van der Waals surface area contributed by atoms with Gasteiger partial charge in [-0.15, -0.1) is 5.10 Å². The fourth-order valence-corrected chi connectivity index (χ4v) is 3.32. The summed E-state index contributed by atoms with van der Waals surface area (Å²) >= 11 is 3.47. The van der Waals surface area contributed by atoms with Crippen molar-refractivity contribution in [2.45, 2.75) is 44.6 Å². The summed E-state index contributed by atoms with van der Waals surface area (Å²) in [6.45, 7) is 2.26. The molecule has 0 saturated heterocycles. The average molecular weight is 287 g/mol. The van der Waals surface area contributed by atoms with E-state index in [0.29, 0.717) is 5.92 Å². The van der Waals surface area contributed by atoms with Crippen molar-refractivity contribution in [3.05, 3.63) is 10.3 Å². The van der Waals surface area contributed by atoms with Crippen molar-refractivity contribution in [2.75, 3.05) is 0 Å². The Morgan fingerprint density at radius 1 is 1.50 bits per heavy atom. The lowest BCUT2D eigenvalue weighted by Crippen LogP contribution is -2.35. The molecule has 3 atom stereocenters. The van der Waals surface area contributed by atoms with E-state index in [9.17, 15) is 0 Å². The first-order valence-electron chi connectivity index (χ1n) is 5.94. The minimum Gasteiger partial charge on any atom is -0.327 e. The fraction of sp³-hybridized carbons (Fsp3) is 0.818. The van der Waals surface area contributed by atoms with Gasteiger partial charge in [0.2, 0.25) is 0 Å². The Balaban J connectivity index is 2.24. The second-order valence-electron chi connectivity index (χ2n) is 4.75. The summed E-state index contributed by atoms with van der Waals surface area (Å²) in [5.74, 6) is 1.19. The summed E-state index contributed by atoms with van der Waals surface area (Å²) in [7, 11) is 1.94. The largest absolute Gasteiger partial charge is 0.327 e. The number of hydrogen-bond acceptors (Lipinski definition) is 3. The van der Waals surface area contributed by atoms with E-state index >= 15 is 0 Å². The predicted octanol–water partition coefficient (Wildman–Crippen LogP) is 2.20. The van der Waals surface area contributed by atoms with Crippen molar-refractivity contribution >= 4 is 15.9 Å². The number of rotatable bonds is 2. The Labute approximate surface area is 105 Å². The second kappa shape index (κ2) is 4.84. The normalized spacial score (nSPS) is 30.6. The number of aromatic nitrogens is 3. The quantitative estimate of drug-likeness (QED) is 0.907. The molecule has 1 aromatic rings. The van der Waals surface area contributed by atoms with E-state index in [4.69, 9.17) is 5.73 Å². The smallest absolute Gasteiger partial charge is 0.151 e. The van der Waals surface area contributed by atoms with Gasteiger partial charge in [0.25, 0.3) is 0 Å². The molecule has 0 amide bonds. The molecule has 90 valence electrons. The maximum Gasteiger partial charge on any atom is 0.151 e. The Morgan fingerprint density at radius 3 is 2.81 bits per heavy atom. The van der Waals surface area contributed by atoms with Gasteiger partial charge in [-0.05, 0) is 41.1 Å². The molecule has 0 aliphatic heterocycles. The molecule has 2 rings (SSSR count). The van der Waals surface area contributed by atoms with Gasteiger partial charge in [-0.25, -0.2) is 0 Å². The lowest BCUT2D eigenvalue weighted by molar-refractivity contribution is 0.274. The molecule has 1 heterocycles. The maximum absolute atomic E-state index is 6.24.